The van der Waals surface area contributed by atoms with Gasteiger partial charge in [0, 0.05) is 7.05 Å². The van der Waals surface area contributed by atoms with Crippen molar-refractivity contribution in [2.45, 2.75) is 20.3 Å². The molecule has 7 heteroatoms. The monoisotopic (exact) mass is 244 g/mol. The maximum absolute atomic E-state index is 11.4. The van der Waals surface area contributed by atoms with Crippen molar-refractivity contribution in [3.63, 3.8) is 0 Å². The molecule has 96 valence electrons. The number of hydrogen-bond acceptors (Lipinski definition) is 6. The third kappa shape index (κ3) is 5.64. The fraction of sp³-hybridized carbons (Fsp3) is 0.600. The third-order valence-corrected chi connectivity index (χ3v) is 1.76. The summed E-state index contributed by atoms with van der Waals surface area (Å²) in [4.78, 5) is 33.4. The number of ether oxygens (including phenoxy) is 2. The van der Waals surface area contributed by atoms with Gasteiger partial charge in [-0.05, 0) is 13.8 Å². The van der Waals surface area contributed by atoms with Crippen LogP contribution in [0.1, 0.15) is 20.3 Å². The van der Waals surface area contributed by atoms with Gasteiger partial charge in [0.1, 0.15) is 12.1 Å². The minimum atomic E-state index is -0.661. The second-order valence-electron chi connectivity index (χ2n) is 3.08. The van der Waals surface area contributed by atoms with Crippen molar-refractivity contribution in [3.8, 4) is 0 Å². The Labute approximate surface area is 99.4 Å². The van der Waals surface area contributed by atoms with Gasteiger partial charge in [0.15, 0.2) is 0 Å². The predicted molar refractivity (Wildman–Crippen MR) is 59.1 cm³/mol. The molecule has 1 amide bonds. The largest absolute Gasteiger partial charge is 0.469 e. The fourth-order valence-electron chi connectivity index (χ4n) is 0.867. The molecule has 7 nitrogen and oxygen atoms in total. The molecule has 0 unspecified atom stereocenters. The van der Waals surface area contributed by atoms with Crippen molar-refractivity contribution in [1.82, 2.24) is 5.01 Å². The van der Waals surface area contributed by atoms with Crippen LogP contribution in [0.4, 0.5) is 0 Å². The summed E-state index contributed by atoms with van der Waals surface area (Å²) in [6, 6.07) is 0. The Hall–Kier alpha value is -1.92. The van der Waals surface area contributed by atoms with Crippen molar-refractivity contribution in [2.24, 2.45) is 5.10 Å². The lowest BCUT2D eigenvalue weighted by Crippen LogP contribution is -2.27. The summed E-state index contributed by atoms with van der Waals surface area (Å²) >= 11 is 0. The smallest absolute Gasteiger partial charge is 0.354 e. The van der Waals surface area contributed by atoms with Crippen molar-refractivity contribution in [2.75, 3.05) is 20.8 Å². The predicted octanol–water partition coefficient (Wildman–Crippen LogP) is -0.0531. The van der Waals surface area contributed by atoms with Crippen LogP contribution in [0.2, 0.25) is 0 Å². The SMILES string of the molecule is CCOC(=O)/C(C)=N/N(C)C(=O)CC(=O)OC. The van der Waals surface area contributed by atoms with E-state index in [-0.39, 0.29) is 12.3 Å². The van der Waals surface area contributed by atoms with Gasteiger partial charge in [0.25, 0.3) is 5.91 Å². The number of esters is 2. The molecular weight excluding hydrogens is 228 g/mol. The van der Waals surface area contributed by atoms with E-state index in [0.717, 1.165) is 5.01 Å². The lowest BCUT2D eigenvalue weighted by Gasteiger charge is -2.11. The minimum absolute atomic E-state index is 0.0348. The number of methoxy groups -OCH3 is 1. The maximum Gasteiger partial charge on any atom is 0.354 e. The minimum Gasteiger partial charge on any atom is -0.469 e. The van der Waals surface area contributed by atoms with E-state index in [4.69, 9.17) is 0 Å². The molecule has 0 saturated heterocycles. The van der Waals surface area contributed by atoms with Gasteiger partial charge in [0.2, 0.25) is 0 Å². The number of hydrogen-bond donors (Lipinski definition) is 0. The van der Waals surface area contributed by atoms with E-state index in [1.165, 1.54) is 21.1 Å². The van der Waals surface area contributed by atoms with Gasteiger partial charge in [-0.25, -0.2) is 9.80 Å². The van der Waals surface area contributed by atoms with Gasteiger partial charge >= 0.3 is 11.9 Å². The van der Waals surface area contributed by atoms with Crippen LogP contribution in [0.5, 0.6) is 0 Å². The number of carbonyl (C=O) groups is 3. The van der Waals surface area contributed by atoms with Crippen LogP contribution in [-0.2, 0) is 23.9 Å². The number of rotatable bonds is 5. The van der Waals surface area contributed by atoms with Gasteiger partial charge in [-0.2, -0.15) is 5.10 Å². The van der Waals surface area contributed by atoms with Crippen molar-refractivity contribution in [3.05, 3.63) is 0 Å². The van der Waals surface area contributed by atoms with Crippen LogP contribution in [0.15, 0.2) is 5.10 Å². The molecule has 0 N–H and O–H groups in total. The molecule has 0 bridgehead atoms. The van der Waals surface area contributed by atoms with E-state index in [2.05, 4.69) is 14.6 Å². The normalized spacial score (nSPS) is 10.7. The first-order chi connectivity index (χ1) is 7.92. The Bertz CT molecular complexity index is 338. The van der Waals surface area contributed by atoms with Gasteiger partial charge in [-0.3, -0.25) is 9.59 Å². The molecule has 0 heterocycles. The molecule has 0 aromatic carbocycles. The zero-order chi connectivity index (χ0) is 13.4. The van der Waals surface area contributed by atoms with E-state index in [9.17, 15) is 14.4 Å². The number of carbonyl (C=O) groups excluding carboxylic acids is 3. The molecule has 0 rings (SSSR count). The number of amides is 1. The van der Waals surface area contributed by atoms with E-state index >= 15 is 0 Å². The highest BCUT2D eigenvalue weighted by Gasteiger charge is 2.15. The van der Waals surface area contributed by atoms with E-state index in [1.807, 2.05) is 0 Å². The summed E-state index contributed by atoms with van der Waals surface area (Å²) in [6.07, 6.45) is -0.424. The molecule has 0 aliphatic carbocycles. The second-order valence-corrected chi connectivity index (χ2v) is 3.08. The molecule has 0 aliphatic heterocycles. The quantitative estimate of drug-likeness (QED) is 0.293. The van der Waals surface area contributed by atoms with Crippen molar-refractivity contribution < 1.29 is 23.9 Å². The fourth-order valence-corrected chi connectivity index (χ4v) is 0.867. The first-order valence-electron chi connectivity index (χ1n) is 4.98. The highest BCUT2D eigenvalue weighted by atomic mass is 16.5. The van der Waals surface area contributed by atoms with Gasteiger partial charge in [-0.15, -0.1) is 0 Å². The summed E-state index contributed by atoms with van der Waals surface area (Å²) in [7, 11) is 2.52. The zero-order valence-corrected chi connectivity index (χ0v) is 10.3. The Morgan fingerprint density at radius 1 is 1.29 bits per heavy atom. The topological polar surface area (TPSA) is 85.3 Å². The van der Waals surface area contributed by atoms with Crippen LogP contribution in [-0.4, -0.2) is 49.3 Å². The summed E-state index contributed by atoms with van der Waals surface area (Å²) in [5, 5.41) is 4.61. The first kappa shape index (κ1) is 15.1. The van der Waals surface area contributed by atoms with E-state index in [0.29, 0.717) is 0 Å². The standard InChI is InChI=1S/C10H16N2O5/c1-5-17-10(15)7(2)11-12(3)8(13)6-9(14)16-4/h5-6H2,1-4H3/b11-7+. The molecule has 0 radical (unpaired) electrons. The van der Waals surface area contributed by atoms with E-state index in [1.54, 1.807) is 6.92 Å². The molecule has 0 saturated carbocycles. The molecule has 0 spiro atoms. The average molecular weight is 244 g/mol. The summed E-state index contributed by atoms with van der Waals surface area (Å²) in [5.41, 5.74) is 0.0348. The Morgan fingerprint density at radius 3 is 2.35 bits per heavy atom. The first-order valence-corrected chi connectivity index (χ1v) is 4.98. The molecule has 17 heavy (non-hydrogen) atoms. The summed E-state index contributed by atoms with van der Waals surface area (Å²) in [5.74, 6) is -1.84. The lowest BCUT2D eigenvalue weighted by molar-refractivity contribution is -0.146. The summed E-state index contributed by atoms with van der Waals surface area (Å²) in [6.45, 7) is 3.31. The molecule has 0 aromatic rings. The maximum atomic E-state index is 11.4. The zero-order valence-electron chi connectivity index (χ0n) is 10.3. The Balaban J connectivity index is 4.45. The molecule has 0 aliphatic rings. The highest BCUT2D eigenvalue weighted by Crippen LogP contribution is 1.96. The van der Waals surface area contributed by atoms with Gasteiger partial charge in [0.05, 0.1) is 13.7 Å². The van der Waals surface area contributed by atoms with Crippen LogP contribution < -0.4 is 0 Å². The van der Waals surface area contributed by atoms with Gasteiger partial charge in [-0.1, -0.05) is 0 Å². The van der Waals surface area contributed by atoms with Crippen LogP contribution in [0.25, 0.3) is 0 Å². The van der Waals surface area contributed by atoms with Gasteiger partial charge < -0.3 is 9.47 Å². The molecule has 0 aromatic heterocycles. The van der Waals surface area contributed by atoms with Crippen molar-refractivity contribution >= 4 is 23.6 Å². The van der Waals surface area contributed by atoms with Crippen molar-refractivity contribution in [1.29, 1.82) is 0 Å². The van der Waals surface area contributed by atoms with Crippen LogP contribution in [0.3, 0.4) is 0 Å². The third-order valence-electron chi connectivity index (χ3n) is 1.76. The molecule has 0 fully saturated rings. The second kappa shape index (κ2) is 7.37. The highest BCUT2D eigenvalue weighted by molar-refractivity contribution is 6.35. The van der Waals surface area contributed by atoms with Crippen LogP contribution >= 0.6 is 0 Å². The molecule has 0 atom stereocenters. The van der Waals surface area contributed by atoms with Crippen LogP contribution in [0, 0.1) is 0 Å². The Morgan fingerprint density at radius 2 is 1.88 bits per heavy atom. The number of hydrazone groups is 1. The average Bonchev–Trinajstić information content (AvgIpc) is 2.28. The summed E-state index contributed by atoms with van der Waals surface area (Å²) < 4.78 is 9.02. The Kier molecular flexibility index (Phi) is 6.54. The number of nitrogens with zero attached hydrogens (tertiary/aromatic N) is 2. The van der Waals surface area contributed by atoms with E-state index < -0.39 is 24.3 Å². The lowest BCUT2D eigenvalue weighted by atomic mass is 10.4. The molecular formula is C10H16N2O5.